The molecule has 1 heterocycles. The number of alkyl halides is 1. The van der Waals surface area contributed by atoms with E-state index in [9.17, 15) is 10.1 Å². The van der Waals surface area contributed by atoms with E-state index in [1.165, 1.54) is 47.4 Å². The van der Waals surface area contributed by atoms with Crippen molar-refractivity contribution in [2.24, 2.45) is 4.99 Å². The number of imidazole rings is 1. The van der Waals surface area contributed by atoms with Crippen LogP contribution in [0, 0.1) is 11.3 Å². The molecule has 0 spiro atoms. The zero-order valence-electron chi connectivity index (χ0n) is 19.0. The van der Waals surface area contributed by atoms with Crippen molar-refractivity contribution in [3.8, 4) is 6.07 Å². The normalized spacial score (nSPS) is 12.9. The molecule has 0 aliphatic carbocycles. The van der Waals surface area contributed by atoms with Crippen LogP contribution in [0.3, 0.4) is 0 Å². The molecule has 0 saturated heterocycles. The fourth-order valence-electron chi connectivity index (χ4n) is 3.45. The molecular formula is C26H18Cl3FN6O. The molecule has 0 bridgehead atoms. The zero-order chi connectivity index (χ0) is 26.4. The molecule has 4 aromatic rings. The van der Waals surface area contributed by atoms with Crippen LogP contribution in [0.2, 0.25) is 15.1 Å². The van der Waals surface area contributed by atoms with Crippen molar-refractivity contribution < 1.29 is 9.18 Å². The van der Waals surface area contributed by atoms with E-state index in [-0.39, 0.29) is 28.7 Å². The smallest absolute Gasteiger partial charge is 0.258 e. The molecule has 1 aromatic heterocycles. The van der Waals surface area contributed by atoms with Crippen molar-refractivity contribution in [3.63, 3.8) is 0 Å². The van der Waals surface area contributed by atoms with E-state index in [0.29, 0.717) is 21.3 Å². The van der Waals surface area contributed by atoms with Crippen molar-refractivity contribution in [1.29, 1.82) is 5.26 Å². The molecule has 0 unspecified atom stereocenters. The van der Waals surface area contributed by atoms with E-state index >= 15 is 4.39 Å². The summed E-state index contributed by atoms with van der Waals surface area (Å²) in [6.45, 7) is -0.306. The fourth-order valence-corrected chi connectivity index (χ4v) is 4.13. The maximum atomic E-state index is 16.8. The number of nitrogens with zero attached hydrogens (tertiary/aromatic N) is 4. The van der Waals surface area contributed by atoms with Crippen LogP contribution in [0.4, 0.5) is 10.1 Å². The van der Waals surface area contributed by atoms with Gasteiger partial charge >= 0.3 is 0 Å². The van der Waals surface area contributed by atoms with E-state index in [1.807, 2.05) is 6.07 Å². The molecule has 4 rings (SSSR count). The van der Waals surface area contributed by atoms with Crippen LogP contribution in [0.15, 0.2) is 90.4 Å². The molecule has 186 valence electrons. The summed E-state index contributed by atoms with van der Waals surface area (Å²) in [6, 6.07) is 19.0. The number of benzene rings is 3. The summed E-state index contributed by atoms with van der Waals surface area (Å²) in [5, 5.41) is 15.6. The molecule has 2 N–H and O–H groups in total. The predicted octanol–water partition coefficient (Wildman–Crippen LogP) is 6.44. The van der Waals surface area contributed by atoms with Gasteiger partial charge in [0.1, 0.15) is 0 Å². The first-order valence-electron chi connectivity index (χ1n) is 10.8. The van der Waals surface area contributed by atoms with Gasteiger partial charge in [-0.05, 0) is 54.6 Å². The lowest BCUT2D eigenvalue weighted by atomic mass is 10.0. The number of hydrogen-bond donors (Lipinski definition) is 2. The number of guanidine groups is 1. The maximum absolute atomic E-state index is 16.8. The summed E-state index contributed by atoms with van der Waals surface area (Å²) < 4.78 is 18.3. The van der Waals surface area contributed by atoms with Crippen LogP contribution in [0.1, 0.15) is 21.5 Å². The molecule has 0 fully saturated rings. The van der Waals surface area contributed by atoms with Gasteiger partial charge in [0.05, 0.1) is 29.5 Å². The van der Waals surface area contributed by atoms with E-state index < -0.39 is 11.7 Å². The molecule has 0 aliphatic heterocycles. The second-order valence-electron chi connectivity index (χ2n) is 7.86. The highest BCUT2D eigenvalue weighted by Gasteiger charge is 2.35. The van der Waals surface area contributed by atoms with Gasteiger partial charge in [-0.3, -0.25) is 10.1 Å². The highest BCUT2D eigenvalue weighted by Crippen LogP contribution is 2.36. The van der Waals surface area contributed by atoms with Crippen molar-refractivity contribution in [3.05, 3.63) is 117 Å². The SMILES string of the molecule is N#Cc1cccc(C(=O)N/C(=N\[C@@](F)(Cn2ccnc2)c2ccc(Cl)cc2Cl)Nc2ccc(Cl)cc2)c1. The van der Waals surface area contributed by atoms with E-state index in [0.717, 1.165) is 0 Å². The van der Waals surface area contributed by atoms with E-state index in [1.54, 1.807) is 42.6 Å². The van der Waals surface area contributed by atoms with Crippen LogP contribution >= 0.6 is 34.8 Å². The van der Waals surface area contributed by atoms with Gasteiger partial charge in [-0.15, -0.1) is 0 Å². The van der Waals surface area contributed by atoms with Gasteiger partial charge in [0.15, 0.2) is 0 Å². The Hall–Kier alpha value is -3.90. The van der Waals surface area contributed by atoms with Gasteiger partial charge in [-0.25, -0.2) is 14.4 Å². The molecule has 11 heteroatoms. The first-order valence-corrected chi connectivity index (χ1v) is 11.9. The van der Waals surface area contributed by atoms with Gasteiger partial charge in [0.2, 0.25) is 11.8 Å². The average molecular weight is 556 g/mol. The van der Waals surface area contributed by atoms with Crippen LogP contribution in [-0.4, -0.2) is 21.4 Å². The summed E-state index contributed by atoms with van der Waals surface area (Å²) in [6.07, 6.45) is 4.52. The number of nitrogens with one attached hydrogen (secondary N) is 2. The summed E-state index contributed by atoms with van der Waals surface area (Å²) in [5.41, 5.74) is 1.00. The fraction of sp³-hybridized carbons (Fsp3) is 0.0769. The topological polar surface area (TPSA) is 95.1 Å². The number of carbonyl (C=O) groups excluding carboxylic acids is 1. The number of halogens is 4. The van der Waals surface area contributed by atoms with Crippen molar-refractivity contribution in [2.45, 2.75) is 12.3 Å². The number of rotatable bonds is 6. The maximum Gasteiger partial charge on any atom is 0.258 e. The van der Waals surface area contributed by atoms with Crippen LogP contribution in [0.5, 0.6) is 0 Å². The molecule has 37 heavy (non-hydrogen) atoms. The quantitative estimate of drug-likeness (QED) is 0.163. The van der Waals surface area contributed by atoms with Crippen molar-refractivity contribution >= 4 is 52.4 Å². The third-order valence-corrected chi connectivity index (χ3v) is 5.98. The number of carbonyl (C=O) groups is 1. The standard InChI is InChI=1S/C26H18Cl3FN6O/c27-19-4-7-21(8-5-19)33-25(34-24(37)18-3-1-2-17(12-18)14-31)35-26(30,15-36-11-10-32-16-36)22-9-6-20(28)13-23(22)29/h1-13,16H,15H2,(H2,33,34,35,37)/t26-/m0/s1. The highest BCUT2D eigenvalue weighted by atomic mass is 35.5. The van der Waals surface area contributed by atoms with Gasteiger partial charge in [0.25, 0.3) is 5.91 Å². The van der Waals surface area contributed by atoms with Gasteiger partial charge in [0, 0.05) is 39.3 Å². The Morgan fingerprint density at radius 2 is 1.84 bits per heavy atom. The third kappa shape index (κ3) is 6.66. The molecule has 7 nitrogen and oxygen atoms in total. The highest BCUT2D eigenvalue weighted by molar-refractivity contribution is 6.35. The first kappa shape index (κ1) is 26.2. The third-order valence-electron chi connectivity index (χ3n) is 5.18. The Morgan fingerprint density at radius 1 is 1.08 bits per heavy atom. The lowest BCUT2D eigenvalue weighted by Crippen LogP contribution is -2.39. The van der Waals surface area contributed by atoms with Crippen molar-refractivity contribution in [1.82, 2.24) is 14.9 Å². The second kappa shape index (κ2) is 11.4. The molecule has 3 aromatic carbocycles. The van der Waals surface area contributed by atoms with E-state index in [4.69, 9.17) is 34.8 Å². The van der Waals surface area contributed by atoms with Gasteiger partial charge < -0.3 is 9.88 Å². The Morgan fingerprint density at radius 3 is 2.51 bits per heavy atom. The zero-order valence-corrected chi connectivity index (χ0v) is 21.3. The molecule has 0 radical (unpaired) electrons. The number of anilines is 1. The second-order valence-corrected chi connectivity index (χ2v) is 9.14. The summed E-state index contributed by atoms with van der Waals surface area (Å²) >= 11 is 18.4. The number of hydrogen-bond acceptors (Lipinski definition) is 4. The van der Waals surface area contributed by atoms with E-state index in [2.05, 4.69) is 20.6 Å². The minimum absolute atomic E-state index is 0.0309. The first-order chi connectivity index (χ1) is 17.8. The Balaban J connectivity index is 1.79. The Bertz CT molecular complexity index is 1490. The van der Waals surface area contributed by atoms with Crippen LogP contribution in [-0.2, 0) is 12.3 Å². The van der Waals surface area contributed by atoms with Gasteiger partial charge in [-0.1, -0.05) is 46.9 Å². The minimum atomic E-state index is -2.46. The molecule has 1 atom stereocenters. The predicted molar refractivity (Wildman–Crippen MR) is 143 cm³/mol. The minimum Gasteiger partial charge on any atom is -0.332 e. The number of amides is 1. The largest absolute Gasteiger partial charge is 0.332 e. The molecule has 0 aliphatic rings. The molecule has 0 saturated carbocycles. The number of aromatic nitrogens is 2. The molecule has 1 amide bonds. The average Bonchev–Trinajstić information content (AvgIpc) is 3.38. The lowest BCUT2D eigenvalue weighted by molar-refractivity contribution is 0.0975. The molecular weight excluding hydrogens is 538 g/mol. The lowest BCUT2D eigenvalue weighted by Gasteiger charge is -2.25. The van der Waals surface area contributed by atoms with Crippen molar-refractivity contribution in [2.75, 3.05) is 5.32 Å². The van der Waals surface area contributed by atoms with Crippen LogP contribution in [0.25, 0.3) is 0 Å². The van der Waals surface area contributed by atoms with Gasteiger partial charge in [-0.2, -0.15) is 5.26 Å². The van der Waals surface area contributed by atoms with Crippen LogP contribution < -0.4 is 10.6 Å². The number of nitriles is 1. The number of aliphatic imine (C=N–C) groups is 1. The Labute approximate surface area is 227 Å². The summed E-state index contributed by atoms with van der Waals surface area (Å²) in [4.78, 5) is 21.3. The summed E-state index contributed by atoms with van der Waals surface area (Å²) in [5.74, 6) is -3.27. The summed E-state index contributed by atoms with van der Waals surface area (Å²) in [7, 11) is 0. The Kier molecular flexibility index (Phi) is 8.09. The monoisotopic (exact) mass is 554 g/mol.